The number of carbonyl (C=O) groups is 2. The highest BCUT2D eigenvalue weighted by Crippen LogP contribution is 2.39. The number of carbonyl (C=O) groups excluding carboxylic acids is 1. The van der Waals surface area contributed by atoms with Gasteiger partial charge in [-0.2, -0.15) is 17.6 Å². The molecule has 2 atom stereocenters. The van der Waals surface area contributed by atoms with Gasteiger partial charge in [-0.1, -0.05) is 31.6 Å². The third kappa shape index (κ3) is 8.75. The molecular weight excluding hydrogens is 556 g/mol. The Morgan fingerprint density at radius 2 is 1.98 bits per heavy atom. The summed E-state index contributed by atoms with van der Waals surface area (Å²) in [7, 11) is 0. The summed E-state index contributed by atoms with van der Waals surface area (Å²) in [5.74, 6) is -1.50. The maximum absolute atomic E-state index is 15.8. The maximum Gasteiger partial charge on any atom is 0.416 e. The molecule has 232 valence electrons. The lowest BCUT2D eigenvalue weighted by Gasteiger charge is -2.37. The fraction of sp³-hybridized carbons (Fsp3) is 0.667. The summed E-state index contributed by atoms with van der Waals surface area (Å²) in [6.45, 7) is 3.57. The van der Waals surface area contributed by atoms with E-state index in [1.54, 1.807) is 0 Å². The van der Waals surface area contributed by atoms with Gasteiger partial charge in [0.2, 0.25) is 5.82 Å². The number of aliphatic carboxylic acids is 1. The number of rotatable bonds is 15. The van der Waals surface area contributed by atoms with Crippen LogP contribution >= 0.6 is 0 Å². The lowest BCUT2D eigenvalue weighted by atomic mass is 9.74. The minimum absolute atomic E-state index is 0.00303. The number of carboxylic acids is 1. The van der Waals surface area contributed by atoms with Crippen molar-refractivity contribution in [3.63, 3.8) is 0 Å². The molecule has 2 heterocycles. The number of anilines is 2. The van der Waals surface area contributed by atoms with Crippen LogP contribution in [0, 0.1) is 23.1 Å². The molecule has 1 saturated heterocycles. The Kier molecular flexibility index (Phi) is 10.6. The number of alkyl halides is 3. The van der Waals surface area contributed by atoms with Gasteiger partial charge in [-0.3, -0.25) is 9.59 Å². The lowest BCUT2D eigenvalue weighted by molar-refractivity contribution is -0.137. The first-order valence-corrected chi connectivity index (χ1v) is 14.8. The Morgan fingerprint density at radius 1 is 1.24 bits per heavy atom. The number of aromatic nitrogens is 2. The van der Waals surface area contributed by atoms with Gasteiger partial charge in [0, 0.05) is 51.6 Å². The van der Waals surface area contributed by atoms with Crippen molar-refractivity contribution < 1.29 is 37.0 Å². The molecule has 1 aromatic heterocycles. The predicted molar refractivity (Wildman–Crippen MR) is 150 cm³/mol. The van der Waals surface area contributed by atoms with Crippen LogP contribution in [0.4, 0.5) is 29.2 Å². The van der Waals surface area contributed by atoms with E-state index in [9.17, 15) is 22.8 Å². The quantitative estimate of drug-likeness (QED) is 0.234. The molecule has 2 unspecified atom stereocenters. The van der Waals surface area contributed by atoms with E-state index in [0.29, 0.717) is 52.0 Å². The zero-order chi connectivity index (χ0) is 30.3. The van der Waals surface area contributed by atoms with Gasteiger partial charge in [0.05, 0.1) is 5.57 Å². The minimum Gasteiger partial charge on any atom is -0.481 e. The topological polar surface area (TPSA) is 105 Å². The van der Waals surface area contributed by atoms with Crippen LogP contribution in [0.1, 0.15) is 71.1 Å². The average molecular weight is 597 g/mol. The van der Waals surface area contributed by atoms with Crippen LogP contribution in [0.25, 0.3) is 0 Å². The molecule has 1 saturated carbocycles. The van der Waals surface area contributed by atoms with E-state index in [1.165, 1.54) is 18.5 Å². The molecular formula is C30H40F4N4O4. The Labute approximate surface area is 243 Å². The number of nitrogens with one attached hydrogen (secondary N) is 1. The molecule has 1 aromatic rings. The zero-order valence-corrected chi connectivity index (χ0v) is 24.0. The second-order valence-corrected chi connectivity index (χ2v) is 11.8. The van der Waals surface area contributed by atoms with Crippen molar-refractivity contribution >= 4 is 23.4 Å². The van der Waals surface area contributed by atoms with E-state index >= 15 is 4.39 Å². The average Bonchev–Trinajstić information content (AvgIpc) is 3.79. The Bertz CT molecular complexity index is 1160. The number of hydrogen-bond acceptors (Lipinski definition) is 7. The van der Waals surface area contributed by atoms with Gasteiger partial charge in [0.1, 0.15) is 12.1 Å². The smallest absolute Gasteiger partial charge is 0.416 e. The molecule has 1 aliphatic heterocycles. The Balaban J connectivity index is 1.42. The number of allylic oxidation sites excluding steroid dienone is 3. The number of ketones is 1. The van der Waals surface area contributed by atoms with Crippen molar-refractivity contribution in [2.75, 3.05) is 36.5 Å². The van der Waals surface area contributed by atoms with Crippen LogP contribution in [0.15, 0.2) is 30.1 Å². The van der Waals surface area contributed by atoms with Gasteiger partial charge < -0.3 is 20.1 Å². The van der Waals surface area contributed by atoms with E-state index in [4.69, 9.17) is 9.84 Å². The molecule has 4 rings (SSSR count). The van der Waals surface area contributed by atoms with E-state index in [0.717, 1.165) is 25.3 Å². The fourth-order valence-corrected chi connectivity index (χ4v) is 5.82. The fourth-order valence-electron chi connectivity index (χ4n) is 5.82. The van der Waals surface area contributed by atoms with Crippen LogP contribution in [-0.4, -0.2) is 65.3 Å². The summed E-state index contributed by atoms with van der Waals surface area (Å²) >= 11 is 0. The monoisotopic (exact) mass is 596 g/mol. The van der Waals surface area contributed by atoms with Crippen molar-refractivity contribution in [1.82, 2.24) is 9.97 Å². The first-order chi connectivity index (χ1) is 20.0. The second-order valence-electron chi connectivity index (χ2n) is 11.8. The maximum atomic E-state index is 15.8. The van der Waals surface area contributed by atoms with Crippen LogP contribution in [0.2, 0.25) is 0 Å². The minimum atomic E-state index is -4.39. The van der Waals surface area contributed by atoms with Crippen molar-refractivity contribution in [2.24, 2.45) is 17.3 Å². The summed E-state index contributed by atoms with van der Waals surface area (Å²) < 4.78 is 60.4. The Hall–Kier alpha value is -3.02. The number of Topliss-reactive ketones (excluding diaryl/α,β-unsaturated/α-hetero) is 1. The van der Waals surface area contributed by atoms with Crippen molar-refractivity contribution in [2.45, 2.75) is 83.4 Å². The van der Waals surface area contributed by atoms with E-state index in [-0.39, 0.29) is 54.6 Å². The molecule has 2 aliphatic carbocycles. The molecule has 3 aliphatic rings. The number of hydrogen-bond donors (Lipinski definition) is 2. The highest BCUT2D eigenvalue weighted by atomic mass is 19.4. The summed E-state index contributed by atoms with van der Waals surface area (Å²) in [6, 6.07) is 0.0655. The SMILES string of the molecule is CCC(CCC(=O)O)CC(=O)CC1(CNc2ncnc(N(CC3C=CC(C(F)(F)F)=CC3)C3CC3)c2F)CCOCC1. The summed E-state index contributed by atoms with van der Waals surface area (Å²) in [4.78, 5) is 34.3. The number of carboxylic acid groups (broad SMARTS) is 1. The summed E-state index contributed by atoms with van der Waals surface area (Å²) in [6.07, 6.45) is 5.64. The molecule has 2 N–H and O–H groups in total. The van der Waals surface area contributed by atoms with Gasteiger partial charge in [0.15, 0.2) is 11.6 Å². The molecule has 0 amide bonds. The van der Waals surface area contributed by atoms with E-state index in [1.807, 2.05) is 11.8 Å². The first kappa shape index (κ1) is 31.9. The lowest BCUT2D eigenvalue weighted by Crippen LogP contribution is -2.38. The van der Waals surface area contributed by atoms with Crippen molar-refractivity contribution in [3.8, 4) is 0 Å². The van der Waals surface area contributed by atoms with Gasteiger partial charge in [0.25, 0.3) is 0 Å². The Morgan fingerprint density at radius 3 is 2.57 bits per heavy atom. The van der Waals surface area contributed by atoms with Crippen LogP contribution in [-0.2, 0) is 14.3 Å². The number of halogens is 4. The highest BCUT2D eigenvalue weighted by molar-refractivity contribution is 5.79. The molecule has 8 nitrogen and oxygen atoms in total. The normalized spacial score (nSPS) is 21.0. The molecule has 12 heteroatoms. The van der Waals surface area contributed by atoms with E-state index < -0.39 is 29.0 Å². The van der Waals surface area contributed by atoms with E-state index in [2.05, 4.69) is 15.3 Å². The van der Waals surface area contributed by atoms with Crippen LogP contribution < -0.4 is 10.2 Å². The van der Waals surface area contributed by atoms with Gasteiger partial charge >= 0.3 is 12.1 Å². The second kappa shape index (κ2) is 14.0. The van der Waals surface area contributed by atoms with Gasteiger partial charge in [-0.25, -0.2) is 9.97 Å². The largest absolute Gasteiger partial charge is 0.481 e. The van der Waals surface area contributed by atoms with Gasteiger partial charge in [-0.05, 0) is 55.8 Å². The van der Waals surface area contributed by atoms with Crippen LogP contribution in [0.3, 0.4) is 0 Å². The molecule has 0 radical (unpaired) electrons. The molecule has 2 fully saturated rings. The number of ether oxygens (including phenoxy) is 1. The third-order valence-electron chi connectivity index (χ3n) is 8.59. The molecule has 0 spiro atoms. The van der Waals surface area contributed by atoms with Crippen molar-refractivity contribution in [1.29, 1.82) is 0 Å². The molecule has 0 aromatic carbocycles. The summed E-state index contributed by atoms with van der Waals surface area (Å²) in [5, 5.41) is 12.1. The van der Waals surface area contributed by atoms with Crippen LogP contribution in [0.5, 0.6) is 0 Å². The van der Waals surface area contributed by atoms with Gasteiger partial charge in [-0.15, -0.1) is 0 Å². The third-order valence-corrected chi connectivity index (χ3v) is 8.59. The zero-order valence-electron chi connectivity index (χ0n) is 24.0. The molecule has 0 bridgehead atoms. The predicted octanol–water partition coefficient (Wildman–Crippen LogP) is 6.10. The standard InChI is InChI=1S/C30H40F4N4O4/c1-2-20(5-10-25(40)41)15-24(39)16-29(11-13-42-14-12-29)18-35-27-26(31)28(37-19-36-27)38(23-8-9-23)17-21-3-6-22(7-4-21)30(32,33)34/h3,6-7,19-21,23H,2,4-5,8-18H2,1H3,(H,40,41)(H,35,36,37). The number of nitrogens with zero attached hydrogens (tertiary/aromatic N) is 3. The molecule has 42 heavy (non-hydrogen) atoms. The van der Waals surface area contributed by atoms with Crippen molar-refractivity contribution in [3.05, 3.63) is 35.9 Å². The summed E-state index contributed by atoms with van der Waals surface area (Å²) in [5.41, 5.74) is -1.12. The highest BCUT2D eigenvalue weighted by Gasteiger charge is 2.38. The first-order valence-electron chi connectivity index (χ1n) is 14.8.